The van der Waals surface area contributed by atoms with E-state index in [9.17, 15) is 9.18 Å². The number of halogens is 1. The van der Waals surface area contributed by atoms with E-state index in [0.29, 0.717) is 12.6 Å². The molecule has 0 saturated carbocycles. The van der Waals surface area contributed by atoms with Crippen LogP contribution in [-0.2, 0) is 16.1 Å². The highest BCUT2D eigenvalue weighted by Gasteiger charge is 2.22. The van der Waals surface area contributed by atoms with Crippen LogP contribution in [0.25, 0.3) is 0 Å². The Hall–Kier alpha value is -3.59. The molecule has 0 radical (unpaired) electrons. The Kier molecular flexibility index (Phi) is 6.86. The summed E-state index contributed by atoms with van der Waals surface area (Å²) in [5, 5.41) is 5.33. The van der Waals surface area contributed by atoms with Crippen molar-refractivity contribution < 1.29 is 13.9 Å². The molecule has 3 aromatic rings. The molecule has 1 fully saturated rings. The molecular formula is C23H25FN6O2. The predicted molar refractivity (Wildman–Crippen MR) is 120 cm³/mol. The molecule has 2 aromatic carbocycles. The zero-order valence-electron chi connectivity index (χ0n) is 17.8. The van der Waals surface area contributed by atoms with Crippen LogP contribution in [0.1, 0.15) is 25.3 Å². The Labute approximate surface area is 185 Å². The highest BCUT2D eigenvalue weighted by Crippen LogP contribution is 2.25. The first-order valence-corrected chi connectivity index (χ1v) is 10.5. The third-order valence-corrected chi connectivity index (χ3v) is 5.17. The summed E-state index contributed by atoms with van der Waals surface area (Å²) in [6.45, 7) is 3.45. The van der Waals surface area contributed by atoms with Gasteiger partial charge in [-0.05, 0) is 30.5 Å². The lowest BCUT2D eigenvalue weighted by atomic mass is 10.1. The zero-order chi connectivity index (χ0) is 22.3. The second-order valence-corrected chi connectivity index (χ2v) is 7.57. The number of aromatic nitrogens is 3. The Morgan fingerprint density at radius 1 is 1.09 bits per heavy atom. The topological polar surface area (TPSA) is 92.3 Å². The van der Waals surface area contributed by atoms with Gasteiger partial charge in [-0.3, -0.25) is 4.79 Å². The summed E-state index contributed by atoms with van der Waals surface area (Å²) in [7, 11) is 0. The van der Waals surface area contributed by atoms with Crippen molar-refractivity contribution in [2.45, 2.75) is 32.5 Å². The minimum atomic E-state index is -0.582. The molecule has 0 unspecified atom stereocenters. The van der Waals surface area contributed by atoms with Gasteiger partial charge in [0.25, 0.3) is 0 Å². The smallest absolute Gasteiger partial charge is 0.232 e. The van der Waals surface area contributed by atoms with Crippen LogP contribution in [0.4, 0.5) is 27.7 Å². The summed E-state index contributed by atoms with van der Waals surface area (Å²) >= 11 is 0. The monoisotopic (exact) mass is 436 g/mol. The largest absolute Gasteiger partial charge is 0.373 e. The van der Waals surface area contributed by atoms with E-state index in [4.69, 9.17) is 4.74 Å². The van der Waals surface area contributed by atoms with E-state index in [1.54, 1.807) is 12.1 Å². The molecular weight excluding hydrogens is 411 g/mol. The minimum Gasteiger partial charge on any atom is -0.373 e. The number of rotatable bonds is 7. The van der Waals surface area contributed by atoms with Gasteiger partial charge in [0, 0.05) is 20.0 Å². The van der Waals surface area contributed by atoms with Crippen LogP contribution in [0.5, 0.6) is 0 Å². The van der Waals surface area contributed by atoms with Gasteiger partial charge in [-0.2, -0.15) is 4.98 Å². The van der Waals surface area contributed by atoms with Crippen molar-refractivity contribution in [3.63, 3.8) is 0 Å². The summed E-state index contributed by atoms with van der Waals surface area (Å²) in [6, 6.07) is 14.8. The van der Waals surface area contributed by atoms with Crippen molar-refractivity contribution in [1.29, 1.82) is 0 Å². The van der Waals surface area contributed by atoms with Crippen molar-refractivity contribution in [2.24, 2.45) is 0 Å². The third kappa shape index (κ3) is 5.55. The molecule has 166 valence electrons. The second-order valence-electron chi connectivity index (χ2n) is 7.57. The zero-order valence-corrected chi connectivity index (χ0v) is 17.8. The van der Waals surface area contributed by atoms with Crippen LogP contribution >= 0.6 is 0 Å². The fourth-order valence-electron chi connectivity index (χ4n) is 3.55. The average Bonchev–Trinajstić information content (AvgIpc) is 2.81. The standard InChI is InChI=1S/C23H25FN6O2/c1-16(31)27-19-8-5-9-20(21(19)24)28-22-25-15-26-23(29-22)30-12-10-18(11-13-30)32-14-17-6-3-2-4-7-17/h2-9,15,18H,10-14H2,1H3,(H,27,31)(H,25,26,28,29). The van der Waals surface area contributed by atoms with Gasteiger partial charge in [0.15, 0.2) is 5.82 Å². The third-order valence-electron chi connectivity index (χ3n) is 5.17. The van der Waals surface area contributed by atoms with Crippen molar-refractivity contribution in [1.82, 2.24) is 15.0 Å². The lowest BCUT2D eigenvalue weighted by Crippen LogP contribution is -2.38. The van der Waals surface area contributed by atoms with Gasteiger partial charge in [-0.25, -0.2) is 14.4 Å². The molecule has 2 N–H and O–H groups in total. The maximum atomic E-state index is 14.6. The molecule has 1 aliphatic rings. The molecule has 1 saturated heterocycles. The first-order chi connectivity index (χ1) is 15.6. The molecule has 4 rings (SSSR count). The lowest BCUT2D eigenvalue weighted by Gasteiger charge is -2.31. The van der Waals surface area contributed by atoms with Gasteiger partial charge < -0.3 is 20.3 Å². The predicted octanol–water partition coefficient (Wildman–Crippen LogP) is 3.90. The fourth-order valence-corrected chi connectivity index (χ4v) is 3.55. The molecule has 0 atom stereocenters. The van der Waals surface area contributed by atoms with Crippen LogP contribution in [0.3, 0.4) is 0 Å². The summed E-state index contributed by atoms with van der Waals surface area (Å²) in [4.78, 5) is 26.1. The van der Waals surface area contributed by atoms with E-state index in [1.165, 1.54) is 19.3 Å². The fraction of sp³-hybridized carbons (Fsp3) is 0.304. The molecule has 0 spiro atoms. The molecule has 1 aliphatic heterocycles. The summed E-state index contributed by atoms with van der Waals surface area (Å²) < 4.78 is 20.7. The van der Waals surface area contributed by atoms with Crippen LogP contribution in [0, 0.1) is 5.82 Å². The van der Waals surface area contributed by atoms with E-state index in [1.807, 2.05) is 18.2 Å². The highest BCUT2D eigenvalue weighted by molar-refractivity contribution is 5.89. The Morgan fingerprint density at radius 2 is 1.84 bits per heavy atom. The molecule has 32 heavy (non-hydrogen) atoms. The van der Waals surface area contributed by atoms with Crippen LogP contribution in [0.2, 0.25) is 0 Å². The van der Waals surface area contributed by atoms with Gasteiger partial charge >= 0.3 is 0 Å². The van der Waals surface area contributed by atoms with E-state index >= 15 is 0 Å². The quantitative estimate of drug-likeness (QED) is 0.580. The number of amides is 1. The van der Waals surface area contributed by atoms with E-state index in [0.717, 1.165) is 31.5 Å². The van der Waals surface area contributed by atoms with Gasteiger partial charge in [-0.15, -0.1) is 0 Å². The number of hydrogen-bond donors (Lipinski definition) is 2. The number of anilines is 4. The molecule has 9 heteroatoms. The number of carbonyl (C=O) groups excluding carboxylic acids is 1. The first kappa shape index (κ1) is 21.6. The van der Waals surface area contributed by atoms with E-state index in [-0.39, 0.29) is 29.3 Å². The molecule has 8 nitrogen and oxygen atoms in total. The summed E-state index contributed by atoms with van der Waals surface area (Å²) in [5.41, 5.74) is 1.42. The number of benzene rings is 2. The average molecular weight is 436 g/mol. The summed E-state index contributed by atoms with van der Waals surface area (Å²) in [5.74, 6) is -0.167. The summed E-state index contributed by atoms with van der Waals surface area (Å²) in [6.07, 6.45) is 3.33. The first-order valence-electron chi connectivity index (χ1n) is 10.5. The van der Waals surface area contributed by atoms with E-state index in [2.05, 4.69) is 42.6 Å². The number of ether oxygens (including phenoxy) is 1. The van der Waals surface area contributed by atoms with Crippen molar-refractivity contribution in [2.75, 3.05) is 28.6 Å². The van der Waals surface area contributed by atoms with Gasteiger partial charge in [0.1, 0.15) is 6.33 Å². The highest BCUT2D eigenvalue weighted by atomic mass is 19.1. The van der Waals surface area contributed by atoms with Crippen LogP contribution < -0.4 is 15.5 Å². The normalized spacial score (nSPS) is 14.2. The molecule has 1 amide bonds. The van der Waals surface area contributed by atoms with Crippen molar-refractivity contribution in [3.8, 4) is 0 Å². The number of carbonyl (C=O) groups is 1. The molecule has 0 bridgehead atoms. The van der Waals surface area contributed by atoms with Gasteiger partial charge in [0.05, 0.1) is 24.1 Å². The maximum Gasteiger partial charge on any atom is 0.232 e. The number of nitrogens with zero attached hydrogens (tertiary/aromatic N) is 4. The lowest BCUT2D eigenvalue weighted by molar-refractivity contribution is -0.114. The number of hydrogen-bond acceptors (Lipinski definition) is 7. The molecule has 0 aliphatic carbocycles. The Morgan fingerprint density at radius 3 is 2.59 bits per heavy atom. The molecule has 1 aromatic heterocycles. The van der Waals surface area contributed by atoms with Gasteiger partial charge in [-0.1, -0.05) is 36.4 Å². The SMILES string of the molecule is CC(=O)Nc1cccc(Nc2ncnc(N3CCC(OCc4ccccc4)CC3)n2)c1F. The number of piperidine rings is 1. The Bertz CT molecular complexity index is 1060. The second kappa shape index (κ2) is 10.1. The Balaban J connectivity index is 1.35. The van der Waals surface area contributed by atoms with Crippen molar-refractivity contribution >= 4 is 29.2 Å². The molecule has 2 heterocycles. The van der Waals surface area contributed by atoms with Gasteiger partial charge in [0.2, 0.25) is 17.8 Å². The minimum absolute atomic E-state index is 0.0920. The maximum absolute atomic E-state index is 14.6. The van der Waals surface area contributed by atoms with Crippen LogP contribution in [-0.4, -0.2) is 40.1 Å². The number of nitrogens with one attached hydrogen (secondary N) is 2. The van der Waals surface area contributed by atoms with Crippen LogP contribution in [0.15, 0.2) is 54.9 Å². The van der Waals surface area contributed by atoms with Crippen molar-refractivity contribution in [3.05, 3.63) is 66.2 Å². The van der Waals surface area contributed by atoms with E-state index < -0.39 is 5.82 Å².